The second-order valence-corrected chi connectivity index (χ2v) is 3.82. The van der Waals surface area contributed by atoms with Crippen LogP contribution in [-0.2, 0) is 15.9 Å². The molecule has 4 heteroatoms. The van der Waals surface area contributed by atoms with Gasteiger partial charge in [0.15, 0.2) is 0 Å². The van der Waals surface area contributed by atoms with Gasteiger partial charge in [0.2, 0.25) is 0 Å². The molecule has 3 nitrogen and oxygen atoms in total. The monoisotopic (exact) mass is 205 g/mol. The fraction of sp³-hybridized carbons (Fsp3) is 0.455. The van der Waals surface area contributed by atoms with Crippen molar-refractivity contribution in [2.75, 3.05) is 20.2 Å². The molecule has 0 radical (unpaired) electrons. The number of rotatable bonds is 4. The number of hydrogen-bond acceptors (Lipinski definition) is 3. The van der Waals surface area contributed by atoms with E-state index in [4.69, 9.17) is 9.31 Å². The van der Waals surface area contributed by atoms with Crippen LogP contribution in [-0.4, -0.2) is 27.3 Å². The Morgan fingerprint density at radius 1 is 1.53 bits per heavy atom. The first-order valence-corrected chi connectivity index (χ1v) is 5.28. The summed E-state index contributed by atoms with van der Waals surface area (Å²) in [6.45, 7) is 4.28. The zero-order valence-electron chi connectivity index (χ0n) is 9.25. The lowest BCUT2D eigenvalue weighted by Gasteiger charge is -2.07. The molecule has 1 N–H and O–H groups in total. The molecule has 0 bridgehead atoms. The van der Waals surface area contributed by atoms with Gasteiger partial charge in [-0.15, -0.1) is 0 Å². The molecule has 1 aliphatic rings. The van der Waals surface area contributed by atoms with E-state index in [0.29, 0.717) is 13.2 Å². The van der Waals surface area contributed by atoms with E-state index in [1.165, 1.54) is 16.6 Å². The van der Waals surface area contributed by atoms with Gasteiger partial charge in [-0.1, -0.05) is 23.8 Å². The van der Waals surface area contributed by atoms with Gasteiger partial charge in [0.05, 0.1) is 6.61 Å². The number of aryl methyl sites for hydroxylation is 1. The van der Waals surface area contributed by atoms with Crippen molar-refractivity contribution in [3.05, 3.63) is 29.3 Å². The molecule has 1 aliphatic heterocycles. The third kappa shape index (κ3) is 2.40. The van der Waals surface area contributed by atoms with E-state index < -0.39 is 0 Å². The van der Waals surface area contributed by atoms with Gasteiger partial charge in [0.25, 0.3) is 0 Å². The SMILES string of the molecule is CNCCOB1OCc2cc(C)ccc21. The minimum atomic E-state index is -0.172. The van der Waals surface area contributed by atoms with Crippen LogP contribution in [0.25, 0.3) is 0 Å². The average Bonchev–Trinajstić information content (AvgIpc) is 2.61. The van der Waals surface area contributed by atoms with Crippen LogP contribution in [0.3, 0.4) is 0 Å². The maximum atomic E-state index is 5.62. The predicted octanol–water partition coefficient (Wildman–Crippen LogP) is 0.456. The van der Waals surface area contributed by atoms with E-state index in [1.807, 2.05) is 7.05 Å². The zero-order chi connectivity index (χ0) is 10.7. The Morgan fingerprint density at radius 3 is 3.20 bits per heavy atom. The average molecular weight is 205 g/mol. The van der Waals surface area contributed by atoms with Crippen molar-refractivity contribution < 1.29 is 9.31 Å². The first kappa shape index (κ1) is 10.7. The van der Waals surface area contributed by atoms with Gasteiger partial charge in [0, 0.05) is 13.2 Å². The minimum absolute atomic E-state index is 0.172. The summed E-state index contributed by atoms with van der Waals surface area (Å²) in [7, 11) is 1.74. The van der Waals surface area contributed by atoms with Gasteiger partial charge in [-0.05, 0) is 25.0 Å². The Kier molecular flexibility index (Phi) is 3.41. The van der Waals surface area contributed by atoms with Crippen molar-refractivity contribution in [2.45, 2.75) is 13.5 Å². The van der Waals surface area contributed by atoms with E-state index in [9.17, 15) is 0 Å². The smallest absolute Gasteiger partial charge is 0.406 e. The third-order valence-electron chi connectivity index (χ3n) is 2.56. The van der Waals surface area contributed by atoms with Gasteiger partial charge in [-0.25, -0.2) is 0 Å². The highest BCUT2D eigenvalue weighted by Crippen LogP contribution is 2.12. The zero-order valence-corrected chi connectivity index (χ0v) is 9.25. The molecule has 0 spiro atoms. The summed E-state index contributed by atoms with van der Waals surface area (Å²) in [5, 5.41) is 3.04. The van der Waals surface area contributed by atoms with Crippen molar-refractivity contribution in [1.82, 2.24) is 5.32 Å². The lowest BCUT2D eigenvalue weighted by molar-refractivity contribution is 0.213. The van der Waals surface area contributed by atoms with E-state index in [-0.39, 0.29) is 7.12 Å². The number of benzene rings is 1. The lowest BCUT2D eigenvalue weighted by Crippen LogP contribution is -2.34. The molecule has 1 aromatic carbocycles. The van der Waals surface area contributed by atoms with Crippen LogP contribution in [0, 0.1) is 6.92 Å². The van der Waals surface area contributed by atoms with Crippen LogP contribution in [0.4, 0.5) is 0 Å². The molecule has 2 rings (SSSR count). The highest BCUT2D eigenvalue weighted by Gasteiger charge is 2.30. The second kappa shape index (κ2) is 4.79. The van der Waals surface area contributed by atoms with Crippen LogP contribution < -0.4 is 10.8 Å². The molecular formula is C11H16BNO2. The summed E-state index contributed by atoms with van der Waals surface area (Å²) in [5.41, 5.74) is 3.70. The van der Waals surface area contributed by atoms with Crippen LogP contribution in [0.5, 0.6) is 0 Å². The molecule has 0 fully saturated rings. The molecule has 0 unspecified atom stereocenters. The molecule has 0 aliphatic carbocycles. The Labute approximate surface area is 90.9 Å². The summed E-state index contributed by atoms with van der Waals surface area (Å²) < 4.78 is 11.2. The van der Waals surface area contributed by atoms with Crippen molar-refractivity contribution in [2.24, 2.45) is 0 Å². The minimum Gasteiger partial charge on any atom is -0.406 e. The first-order valence-electron chi connectivity index (χ1n) is 5.28. The predicted molar refractivity (Wildman–Crippen MR) is 61.2 cm³/mol. The van der Waals surface area contributed by atoms with Crippen molar-refractivity contribution in [3.8, 4) is 0 Å². The lowest BCUT2D eigenvalue weighted by atomic mass is 9.78. The second-order valence-electron chi connectivity index (χ2n) is 3.82. The summed E-state index contributed by atoms with van der Waals surface area (Å²) in [6, 6.07) is 6.36. The van der Waals surface area contributed by atoms with Crippen molar-refractivity contribution in [1.29, 1.82) is 0 Å². The molecule has 0 atom stereocenters. The summed E-state index contributed by atoms with van der Waals surface area (Å²) in [5.74, 6) is 0. The van der Waals surface area contributed by atoms with E-state index in [0.717, 1.165) is 6.54 Å². The molecule has 1 aromatic rings. The molecule has 1 heterocycles. The Hall–Kier alpha value is -0.835. The van der Waals surface area contributed by atoms with Crippen LogP contribution in [0.1, 0.15) is 11.1 Å². The van der Waals surface area contributed by atoms with Crippen LogP contribution in [0.2, 0.25) is 0 Å². The maximum Gasteiger partial charge on any atom is 0.494 e. The van der Waals surface area contributed by atoms with Crippen molar-refractivity contribution >= 4 is 12.6 Å². The highest BCUT2D eigenvalue weighted by molar-refractivity contribution is 6.62. The van der Waals surface area contributed by atoms with Gasteiger partial charge in [-0.3, -0.25) is 0 Å². The molecule has 80 valence electrons. The normalized spacial score (nSPS) is 14.4. The summed E-state index contributed by atoms with van der Waals surface area (Å²) >= 11 is 0. The fourth-order valence-corrected chi connectivity index (χ4v) is 1.75. The molecule has 0 amide bonds. The Morgan fingerprint density at radius 2 is 2.40 bits per heavy atom. The first-order chi connectivity index (χ1) is 7.31. The topological polar surface area (TPSA) is 30.5 Å². The number of likely N-dealkylation sites (N-methyl/N-ethyl adjacent to an activating group) is 1. The number of hydrogen-bond donors (Lipinski definition) is 1. The molecule has 15 heavy (non-hydrogen) atoms. The van der Waals surface area contributed by atoms with Crippen molar-refractivity contribution in [3.63, 3.8) is 0 Å². The Bertz CT molecular complexity index is 343. The maximum absolute atomic E-state index is 5.62. The number of fused-ring (bicyclic) bond motifs is 1. The fourth-order valence-electron chi connectivity index (χ4n) is 1.75. The Balaban J connectivity index is 2.02. The van der Waals surface area contributed by atoms with Gasteiger partial charge in [-0.2, -0.15) is 0 Å². The number of nitrogens with one attached hydrogen (secondary N) is 1. The standard InChI is InChI=1S/C11H16BNO2/c1-9-3-4-11-10(7-9)8-15-12(11)14-6-5-13-2/h3-4,7,13H,5-6,8H2,1-2H3. The summed E-state index contributed by atoms with van der Waals surface area (Å²) in [4.78, 5) is 0. The molecule has 0 aromatic heterocycles. The van der Waals surface area contributed by atoms with E-state index in [2.05, 4.69) is 30.4 Å². The van der Waals surface area contributed by atoms with Crippen LogP contribution >= 0.6 is 0 Å². The van der Waals surface area contributed by atoms with E-state index in [1.54, 1.807) is 0 Å². The van der Waals surface area contributed by atoms with E-state index >= 15 is 0 Å². The van der Waals surface area contributed by atoms with Gasteiger partial charge >= 0.3 is 7.12 Å². The third-order valence-corrected chi connectivity index (χ3v) is 2.56. The molecule has 0 saturated heterocycles. The quantitative estimate of drug-likeness (QED) is 0.572. The van der Waals surface area contributed by atoms with Gasteiger partial charge < -0.3 is 14.6 Å². The summed E-state index contributed by atoms with van der Waals surface area (Å²) in [6.07, 6.45) is 0. The van der Waals surface area contributed by atoms with Gasteiger partial charge in [0.1, 0.15) is 0 Å². The molecule has 0 saturated carbocycles. The molecular weight excluding hydrogens is 189 g/mol. The highest BCUT2D eigenvalue weighted by atomic mass is 16.6. The van der Waals surface area contributed by atoms with Crippen LogP contribution in [0.15, 0.2) is 18.2 Å². The largest absolute Gasteiger partial charge is 0.494 e.